The third-order valence-electron chi connectivity index (χ3n) is 4.27. The fraction of sp³-hybridized carbons (Fsp3) is 0.733. The number of fused-ring (bicyclic) bond motifs is 1. The Morgan fingerprint density at radius 3 is 2.85 bits per heavy atom. The highest BCUT2D eigenvalue weighted by molar-refractivity contribution is 5.28. The average Bonchev–Trinajstić information content (AvgIpc) is 2.48. The van der Waals surface area contributed by atoms with E-state index in [9.17, 15) is 0 Å². The summed E-state index contributed by atoms with van der Waals surface area (Å²) in [7, 11) is 0. The van der Waals surface area contributed by atoms with Gasteiger partial charge in [0.2, 0.25) is 0 Å². The highest BCUT2D eigenvalue weighted by Crippen LogP contribution is 2.35. The zero-order chi connectivity index (χ0) is 14.0. The van der Waals surface area contributed by atoms with E-state index in [1.807, 2.05) is 6.92 Å². The molecule has 0 aliphatic carbocycles. The second-order valence-electron chi connectivity index (χ2n) is 5.52. The second-order valence-corrected chi connectivity index (χ2v) is 5.52. The van der Waals surface area contributed by atoms with Gasteiger partial charge in [-0.2, -0.15) is 0 Å². The van der Waals surface area contributed by atoms with Crippen LogP contribution in [0, 0.1) is 6.92 Å². The van der Waals surface area contributed by atoms with Gasteiger partial charge in [0, 0.05) is 63.4 Å². The Balaban J connectivity index is 2.00. The van der Waals surface area contributed by atoms with Gasteiger partial charge in [0.15, 0.2) is 5.82 Å². The molecule has 1 aromatic heterocycles. The normalized spacial score (nSPS) is 21.5. The molecule has 5 nitrogen and oxygen atoms in total. The molecule has 0 aromatic carbocycles. The van der Waals surface area contributed by atoms with Crippen molar-refractivity contribution in [3.8, 4) is 0 Å². The van der Waals surface area contributed by atoms with Gasteiger partial charge in [-0.25, -0.2) is 9.97 Å². The van der Waals surface area contributed by atoms with E-state index in [4.69, 9.17) is 19.4 Å². The summed E-state index contributed by atoms with van der Waals surface area (Å²) < 4.78 is 11.6. The van der Waals surface area contributed by atoms with Crippen molar-refractivity contribution in [2.24, 2.45) is 0 Å². The van der Waals surface area contributed by atoms with Crippen LogP contribution in [-0.4, -0.2) is 36.3 Å². The summed E-state index contributed by atoms with van der Waals surface area (Å²) in [6, 6.07) is 0. The van der Waals surface area contributed by atoms with Crippen LogP contribution in [-0.2, 0) is 28.0 Å². The number of hydrogen-bond acceptors (Lipinski definition) is 5. The summed E-state index contributed by atoms with van der Waals surface area (Å²) in [5.41, 5.74) is 3.19. The molecule has 0 atom stereocenters. The van der Waals surface area contributed by atoms with Crippen molar-refractivity contribution in [2.45, 2.75) is 45.3 Å². The van der Waals surface area contributed by atoms with Crippen LogP contribution in [0.25, 0.3) is 0 Å². The smallest absolute Gasteiger partial charge is 0.160 e. The molecular formula is C15H23N3O2. The predicted molar refractivity (Wildman–Crippen MR) is 75.5 cm³/mol. The number of ether oxygens (including phenoxy) is 2. The molecule has 2 aliphatic rings. The topological polar surface area (TPSA) is 56.3 Å². The van der Waals surface area contributed by atoms with E-state index in [1.54, 1.807) is 0 Å². The van der Waals surface area contributed by atoms with Crippen molar-refractivity contribution in [2.75, 3.05) is 26.4 Å². The Labute approximate surface area is 120 Å². The minimum Gasteiger partial charge on any atom is -0.381 e. The lowest BCUT2D eigenvalue weighted by Gasteiger charge is -2.36. The third kappa shape index (κ3) is 2.45. The average molecular weight is 277 g/mol. The van der Waals surface area contributed by atoms with Crippen molar-refractivity contribution >= 4 is 0 Å². The highest BCUT2D eigenvalue weighted by atomic mass is 16.5. The van der Waals surface area contributed by atoms with E-state index >= 15 is 0 Å². The Morgan fingerprint density at radius 1 is 1.30 bits per heavy atom. The molecule has 1 aromatic rings. The van der Waals surface area contributed by atoms with Gasteiger partial charge in [-0.15, -0.1) is 0 Å². The van der Waals surface area contributed by atoms with Gasteiger partial charge in [0.25, 0.3) is 0 Å². The third-order valence-corrected chi connectivity index (χ3v) is 4.27. The van der Waals surface area contributed by atoms with Crippen LogP contribution in [0.2, 0.25) is 0 Å². The quantitative estimate of drug-likeness (QED) is 0.907. The first-order valence-electron chi connectivity index (χ1n) is 7.54. The summed E-state index contributed by atoms with van der Waals surface area (Å²) in [5, 5.41) is 3.38. The maximum atomic E-state index is 6.08. The zero-order valence-corrected chi connectivity index (χ0v) is 12.4. The molecule has 3 heterocycles. The summed E-state index contributed by atoms with van der Waals surface area (Å²) >= 11 is 0. The van der Waals surface area contributed by atoms with Crippen LogP contribution in [0.3, 0.4) is 0 Å². The maximum Gasteiger partial charge on any atom is 0.160 e. The molecule has 0 bridgehead atoms. The molecule has 0 spiro atoms. The number of rotatable bonds is 3. The molecule has 0 unspecified atom stereocenters. The lowest BCUT2D eigenvalue weighted by Crippen LogP contribution is -2.39. The van der Waals surface area contributed by atoms with E-state index in [0.717, 1.165) is 57.1 Å². The van der Waals surface area contributed by atoms with Crippen LogP contribution in [0.1, 0.15) is 42.5 Å². The van der Waals surface area contributed by atoms with Gasteiger partial charge in [-0.3, -0.25) is 0 Å². The first-order chi connectivity index (χ1) is 9.75. The SMILES string of the molecule is CCOC1(c2nc(C)c3c(n2)CCNC3)CCOCC1. The molecule has 5 heteroatoms. The Bertz CT molecular complexity index is 479. The molecule has 3 rings (SSSR count). The van der Waals surface area contributed by atoms with E-state index in [0.29, 0.717) is 6.61 Å². The van der Waals surface area contributed by atoms with E-state index < -0.39 is 0 Å². The van der Waals surface area contributed by atoms with Crippen LogP contribution in [0.15, 0.2) is 0 Å². The van der Waals surface area contributed by atoms with Crippen molar-refractivity contribution < 1.29 is 9.47 Å². The highest BCUT2D eigenvalue weighted by Gasteiger charge is 2.39. The molecule has 110 valence electrons. The first-order valence-corrected chi connectivity index (χ1v) is 7.54. The van der Waals surface area contributed by atoms with Gasteiger partial charge in [-0.1, -0.05) is 0 Å². The van der Waals surface area contributed by atoms with Gasteiger partial charge in [-0.05, 0) is 13.8 Å². The van der Waals surface area contributed by atoms with E-state index in [1.165, 1.54) is 11.3 Å². The van der Waals surface area contributed by atoms with Crippen molar-refractivity contribution in [3.05, 3.63) is 22.8 Å². The van der Waals surface area contributed by atoms with E-state index in [2.05, 4.69) is 12.2 Å². The number of aromatic nitrogens is 2. The molecule has 0 amide bonds. The molecule has 1 saturated heterocycles. The van der Waals surface area contributed by atoms with Crippen molar-refractivity contribution in [1.82, 2.24) is 15.3 Å². The molecule has 2 aliphatic heterocycles. The molecule has 0 radical (unpaired) electrons. The fourth-order valence-corrected chi connectivity index (χ4v) is 3.13. The standard InChI is InChI=1S/C15H23N3O2/c1-3-20-15(5-8-19-9-6-15)14-17-11(2)12-10-16-7-4-13(12)18-14/h16H,3-10H2,1-2H3. The molecule has 1 fully saturated rings. The number of hydrogen-bond donors (Lipinski definition) is 1. The summed E-state index contributed by atoms with van der Waals surface area (Å²) in [6.45, 7) is 8.12. The Kier molecular flexibility index (Phi) is 4.01. The van der Waals surface area contributed by atoms with Gasteiger partial charge in [0.05, 0.1) is 5.69 Å². The minimum absolute atomic E-state index is 0.350. The number of nitrogens with zero attached hydrogens (tertiary/aromatic N) is 2. The fourth-order valence-electron chi connectivity index (χ4n) is 3.13. The molecule has 1 N–H and O–H groups in total. The molecular weight excluding hydrogens is 254 g/mol. The van der Waals surface area contributed by atoms with Crippen LogP contribution >= 0.6 is 0 Å². The van der Waals surface area contributed by atoms with Crippen molar-refractivity contribution in [3.63, 3.8) is 0 Å². The van der Waals surface area contributed by atoms with E-state index in [-0.39, 0.29) is 5.60 Å². The lowest BCUT2D eigenvalue weighted by molar-refractivity contribution is -0.118. The Hall–Kier alpha value is -1.04. The zero-order valence-electron chi connectivity index (χ0n) is 12.4. The number of nitrogens with one attached hydrogen (secondary N) is 1. The lowest BCUT2D eigenvalue weighted by atomic mass is 9.92. The predicted octanol–water partition coefficient (Wildman–Crippen LogP) is 1.47. The second kappa shape index (κ2) is 5.76. The molecule has 0 saturated carbocycles. The van der Waals surface area contributed by atoms with Crippen LogP contribution < -0.4 is 5.32 Å². The Morgan fingerprint density at radius 2 is 2.10 bits per heavy atom. The van der Waals surface area contributed by atoms with Crippen LogP contribution in [0.5, 0.6) is 0 Å². The van der Waals surface area contributed by atoms with Gasteiger partial charge < -0.3 is 14.8 Å². The van der Waals surface area contributed by atoms with Gasteiger partial charge >= 0.3 is 0 Å². The number of aryl methyl sites for hydroxylation is 1. The monoisotopic (exact) mass is 277 g/mol. The van der Waals surface area contributed by atoms with Crippen molar-refractivity contribution in [1.29, 1.82) is 0 Å². The summed E-state index contributed by atoms with van der Waals surface area (Å²) in [4.78, 5) is 9.63. The van der Waals surface area contributed by atoms with Crippen LogP contribution in [0.4, 0.5) is 0 Å². The minimum atomic E-state index is -0.350. The summed E-state index contributed by atoms with van der Waals surface area (Å²) in [6.07, 6.45) is 2.67. The first kappa shape index (κ1) is 13.9. The van der Waals surface area contributed by atoms with Gasteiger partial charge in [0.1, 0.15) is 5.60 Å². The summed E-state index contributed by atoms with van der Waals surface area (Å²) in [5.74, 6) is 0.862. The maximum absolute atomic E-state index is 6.08. The largest absolute Gasteiger partial charge is 0.381 e. The molecule has 20 heavy (non-hydrogen) atoms.